The number of esters is 1. The summed E-state index contributed by atoms with van der Waals surface area (Å²) in [6, 6.07) is 13.3. The third-order valence-electron chi connectivity index (χ3n) is 5.10. The first-order valence-corrected chi connectivity index (χ1v) is 10.7. The molecule has 2 heterocycles. The Hall–Kier alpha value is -3.32. The maximum Gasteiger partial charge on any atom is 0.338 e. The zero-order valence-corrected chi connectivity index (χ0v) is 18.2. The number of hydrogen-bond donors (Lipinski definition) is 0. The Balaban J connectivity index is 1.97. The fourth-order valence-corrected chi connectivity index (χ4v) is 4.63. The molecule has 1 atom stereocenters. The van der Waals surface area contributed by atoms with Crippen LogP contribution in [0.5, 0.6) is 0 Å². The summed E-state index contributed by atoms with van der Waals surface area (Å²) in [5.74, 6) is -0.912. The molecule has 31 heavy (non-hydrogen) atoms. The van der Waals surface area contributed by atoms with E-state index in [4.69, 9.17) is 4.74 Å². The number of hydrogen-bond acceptors (Lipinski definition) is 5. The van der Waals surface area contributed by atoms with E-state index in [1.807, 2.05) is 31.2 Å². The predicted molar refractivity (Wildman–Crippen MR) is 118 cm³/mol. The summed E-state index contributed by atoms with van der Waals surface area (Å²) in [7, 11) is 0. The van der Waals surface area contributed by atoms with Gasteiger partial charge in [0, 0.05) is 5.56 Å². The van der Waals surface area contributed by atoms with Crippen LogP contribution in [0.3, 0.4) is 0 Å². The van der Waals surface area contributed by atoms with Gasteiger partial charge in [0.1, 0.15) is 5.82 Å². The standard InChI is InChI=1S/C24H21FN2O3S/c1-4-30-23(29)20-15(3)26-24-27(21(20)16-11-9-14(2)10-12-16)22(28)19(31-24)13-17-7-5-6-8-18(17)25/h5-13,21H,4H2,1-3H3/b19-13+. The molecule has 0 bridgehead atoms. The first-order chi connectivity index (χ1) is 14.9. The lowest BCUT2D eigenvalue weighted by atomic mass is 9.95. The molecule has 3 aromatic rings. The van der Waals surface area contributed by atoms with Gasteiger partial charge in [-0.15, -0.1) is 0 Å². The van der Waals surface area contributed by atoms with Crippen LogP contribution in [0.15, 0.2) is 69.6 Å². The van der Waals surface area contributed by atoms with Crippen molar-refractivity contribution >= 4 is 23.4 Å². The van der Waals surface area contributed by atoms with E-state index in [2.05, 4.69) is 4.99 Å². The molecule has 1 aliphatic rings. The van der Waals surface area contributed by atoms with Crippen LogP contribution in [0.25, 0.3) is 6.08 Å². The fraction of sp³-hybridized carbons (Fsp3) is 0.208. The summed E-state index contributed by atoms with van der Waals surface area (Å²) in [5, 5.41) is 0. The maximum absolute atomic E-state index is 14.2. The summed E-state index contributed by atoms with van der Waals surface area (Å²) in [6.07, 6.45) is 1.52. The first kappa shape index (κ1) is 20.9. The van der Waals surface area contributed by atoms with Crippen molar-refractivity contribution in [1.82, 2.24) is 4.57 Å². The molecule has 5 nitrogen and oxygen atoms in total. The minimum atomic E-state index is -0.668. The van der Waals surface area contributed by atoms with Crippen LogP contribution in [-0.4, -0.2) is 17.1 Å². The van der Waals surface area contributed by atoms with Crippen LogP contribution >= 0.6 is 11.3 Å². The highest BCUT2D eigenvalue weighted by Crippen LogP contribution is 2.30. The van der Waals surface area contributed by atoms with Crippen LogP contribution < -0.4 is 14.9 Å². The molecule has 0 spiro atoms. The number of halogens is 1. The Morgan fingerprint density at radius 1 is 1.19 bits per heavy atom. The van der Waals surface area contributed by atoms with E-state index in [1.165, 1.54) is 28.0 Å². The molecule has 4 rings (SSSR count). The average Bonchev–Trinajstić information content (AvgIpc) is 3.04. The summed E-state index contributed by atoms with van der Waals surface area (Å²) in [6.45, 7) is 5.66. The number of carbonyl (C=O) groups excluding carboxylic acids is 1. The number of benzene rings is 2. The van der Waals surface area contributed by atoms with Gasteiger partial charge in [0.2, 0.25) is 0 Å². The topological polar surface area (TPSA) is 60.7 Å². The van der Waals surface area contributed by atoms with Crippen molar-refractivity contribution in [1.29, 1.82) is 0 Å². The molecule has 1 aromatic heterocycles. The molecule has 0 saturated carbocycles. The van der Waals surface area contributed by atoms with Gasteiger partial charge in [-0.2, -0.15) is 0 Å². The summed E-state index contributed by atoms with van der Waals surface area (Å²) in [4.78, 5) is 31.2. The average molecular weight is 437 g/mol. The van der Waals surface area contributed by atoms with E-state index in [0.29, 0.717) is 26.2 Å². The quantitative estimate of drug-likeness (QED) is 0.590. The van der Waals surface area contributed by atoms with Gasteiger partial charge < -0.3 is 4.74 Å². The minimum absolute atomic E-state index is 0.216. The smallest absolute Gasteiger partial charge is 0.338 e. The van der Waals surface area contributed by atoms with E-state index < -0.39 is 17.8 Å². The second kappa shape index (κ2) is 8.43. The number of thiazole rings is 1. The van der Waals surface area contributed by atoms with Crippen molar-refractivity contribution in [2.45, 2.75) is 26.8 Å². The van der Waals surface area contributed by atoms with Crippen LogP contribution in [0, 0.1) is 12.7 Å². The summed E-state index contributed by atoms with van der Waals surface area (Å²) < 4.78 is 21.3. The van der Waals surface area contributed by atoms with Crippen molar-refractivity contribution in [3.05, 3.63) is 102 Å². The van der Waals surface area contributed by atoms with Gasteiger partial charge >= 0.3 is 5.97 Å². The Kier molecular flexibility index (Phi) is 5.69. The molecular formula is C24H21FN2O3S. The molecule has 0 N–H and O–H groups in total. The zero-order valence-electron chi connectivity index (χ0n) is 17.4. The molecule has 7 heteroatoms. The monoisotopic (exact) mass is 436 g/mol. The highest BCUT2D eigenvalue weighted by atomic mass is 32.1. The number of ether oxygens (including phenoxy) is 1. The van der Waals surface area contributed by atoms with Crippen molar-refractivity contribution in [2.75, 3.05) is 6.61 Å². The summed E-state index contributed by atoms with van der Waals surface area (Å²) in [5.41, 5.74) is 2.67. The van der Waals surface area contributed by atoms with E-state index in [-0.39, 0.29) is 12.2 Å². The van der Waals surface area contributed by atoms with Crippen molar-refractivity contribution in [3.8, 4) is 0 Å². The minimum Gasteiger partial charge on any atom is -0.463 e. The highest BCUT2D eigenvalue weighted by molar-refractivity contribution is 7.07. The van der Waals surface area contributed by atoms with Gasteiger partial charge in [0.15, 0.2) is 4.80 Å². The van der Waals surface area contributed by atoms with Crippen LogP contribution in [-0.2, 0) is 9.53 Å². The molecule has 158 valence electrons. The third kappa shape index (κ3) is 3.88. The van der Waals surface area contributed by atoms with Crippen molar-refractivity contribution in [3.63, 3.8) is 0 Å². The number of fused-ring (bicyclic) bond motifs is 1. The Morgan fingerprint density at radius 2 is 1.90 bits per heavy atom. The van der Waals surface area contributed by atoms with Gasteiger partial charge in [-0.1, -0.05) is 59.4 Å². The Morgan fingerprint density at radius 3 is 2.58 bits per heavy atom. The van der Waals surface area contributed by atoms with Crippen LogP contribution in [0.2, 0.25) is 0 Å². The number of nitrogens with zero attached hydrogens (tertiary/aromatic N) is 2. The second-order valence-corrected chi connectivity index (χ2v) is 8.24. The first-order valence-electron chi connectivity index (χ1n) is 9.91. The van der Waals surface area contributed by atoms with Gasteiger partial charge in [0.05, 0.1) is 28.5 Å². The molecule has 0 radical (unpaired) electrons. The van der Waals surface area contributed by atoms with Crippen molar-refractivity contribution < 1.29 is 13.9 Å². The SMILES string of the molecule is CCOC(=O)C1=C(C)N=c2s/c(=C/c3ccccc3F)c(=O)n2C1c1ccc(C)cc1. The normalized spacial score (nSPS) is 16.1. The molecule has 0 fully saturated rings. The largest absolute Gasteiger partial charge is 0.463 e. The summed E-state index contributed by atoms with van der Waals surface area (Å²) >= 11 is 1.17. The molecular weight excluding hydrogens is 415 g/mol. The van der Waals surface area contributed by atoms with Crippen molar-refractivity contribution in [2.24, 2.45) is 4.99 Å². The third-order valence-corrected chi connectivity index (χ3v) is 6.08. The van der Waals surface area contributed by atoms with E-state index in [0.717, 1.165) is 11.1 Å². The fourth-order valence-electron chi connectivity index (χ4n) is 3.59. The number of allylic oxidation sites excluding steroid dienone is 1. The van der Waals surface area contributed by atoms with Gasteiger partial charge in [-0.3, -0.25) is 9.36 Å². The zero-order chi connectivity index (χ0) is 22.1. The highest BCUT2D eigenvalue weighted by Gasteiger charge is 2.33. The molecule has 0 amide bonds. The molecule has 1 unspecified atom stereocenters. The lowest BCUT2D eigenvalue weighted by molar-refractivity contribution is -0.139. The second-order valence-electron chi connectivity index (χ2n) is 7.23. The molecule has 1 aliphatic heterocycles. The number of rotatable bonds is 4. The predicted octanol–water partition coefficient (Wildman–Crippen LogP) is 3.25. The molecule has 0 aliphatic carbocycles. The van der Waals surface area contributed by atoms with Crippen LogP contribution in [0.1, 0.15) is 36.6 Å². The van der Waals surface area contributed by atoms with Crippen LogP contribution in [0.4, 0.5) is 4.39 Å². The van der Waals surface area contributed by atoms with E-state index in [9.17, 15) is 14.0 Å². The number of carbonyl (C=O) groups is 1. The number of aromatic nitrogens is 1. The molecule has 2 aromatic carbocycles. The van der Waals surface area contributed by atoms with Gasteiger partial charge in [-0.25, -0.2) is 14.2 Å². The van der Waals surface area contributed by atoms with Gasteiger partial charge in [-0.05, 0) is 38.5 Å². The lowest BCUT2D eigenvalue weighted by Gasteiger charge is -2.24. The molecule has 0 saturated heterocycles. The Labute approximate surface area is 182 Å². The maximum atomic E-state index is 14.2. The van der Waals surface area contributed by atoms with E-state index in [1.54, 1.807) is 32.0 Å². The van der Waals surface area contributed by atoms with Gasteiger partial charge in [0.25, 0.3) is 5.56 Å². The Bertz CT molecular complexity index is 1370. The lowest BCUT2D eigenvalue weighted by Crippen LogP contribution is -2.39. The van der Waals surface area contributed by atoms with E-state index >= 15 is 0 Å². The number of aryl methyl sites for hydroxylation is 1.